The van der Waals surface area contributed by atoms with E-state index in [1.54, 1.807) is 0 Å². The molecule has 1 aliphatic carbocycles. The van der Waals surface area contributed by atoms with Crippen LogP contribution >= 0.6 is 0 Å². The highest BCUT2D eigenvalue weighted by molar-refractivity contribution is 5.89. The lowest BCUT2D eigenvalue weighted by Crippen LogP contribution is -2.57. The molecule has 0 radical (unpaired) electrons. The zero-order valence-corrected chi connectivity index (χ0v) is 22.4. The summed E-state index contributed by atoms with van der Waals surface area (Å²) < 4.78 is 4.79. The lowest BCUT2D eigenvalue weighted by molar-refractivity contribution is -0.135. The monoisotopic (exact) mass is 488 g/mol. The van der Waals surface area contributed by atoms with Gasteiger partial charge in [-0.1, -0.05) is 56.3 Å². The number of ether oxygens (including phenoxy) is 1. The molecule has 36 heavy (non-hydrogen) atoms. The molecule has 0 unspecified atom stereocenters. The van der Waals surface area contributed by atoms with Gasteiger partial charge in [-0.05, 0) is 72.9 Å². The molecular formula is C31H40N2O3. The molecule has 0 bridgehead atoms. The zero-order chi connectivity index (χ0) is 25.9. The molecule has 2 aliphatic rings. The summed E-state index contributed by atoms with van der Waals surface area (Å²) in [6.07, 6.45) is 6.25. The van der Waals surface area contributed by atoms with E-state index in [1.165, 1.54) is 24.7 Å². The molecule has 2 aromatic carbocycles. The molecule has 0 aromatic heterocycles. The summed E-state index contributed by atoms with van der Waals surface area (Å²) in [5.41, 5.74) is 5.87. The van der Waals surface area contributed by atoms with E-state index < -0.39 is 0 Å². The number of rotatable bonds is 6. The van der Waals surface area contributed by atoms with Gasteiger partial charge in [-0.2, -0.15) is 0 Å². The Bertz CT molecular complexity index is 1110. The van der Waals surface area contributed by atoms with Crippen LogP contribution in [-0.2, 0) is 22.5 Å². The third kappa shape index (κ3) is 6.25. The van der Waals surface area contributed by atoms with Crippen molar-refractivity contribution in [2.75, 3.05) is 20.2 Å². The summed E-state index contributed by atoms with van der Waals surface area (Å²) in [4.78, 5) is 29.4. The summed E-state index contributed by atoms with van der Waals surface area (Å²) in [6, 6.07) is 16.7. The number of allylic oxidation sites excluding steroid dienone is 2. The minimum absolute atomic E-state index is 0.201. The van der Waals surface area contributed by atoms with Crippen LogP contribution in [0.1, 0.15) is 74.0 Å². The topological polar surface area (TPSA) is 49.9 Å². The van der Waals surface area contributed by atoms with Crippen molar-refractivity contribution >= 4 is 17.4 Å². The SMILES string of the molecule is COC(=O)c1ccc(CN2[C@H](C)CN(C(=O)Cc3cccc(C4=CCC(C)(C)CC4)c3)C[C@@H]2C)cc1. The number of benzene rings is 2. The number of hydrogen-bond acceptors (Lipinski definition) is 4. The molecule has 0 spiro atoms. The summed E-state index contributed by atoms with van der Waals surface area (Å²) in [6.45, 7) is 11.3. The highest BCUT2D eigenvalue weighted by atomic mass is 16.5. The van der Waals surface area contributed by atoms with Crippen LogP contribution in [0.3, 0.4) is 0 Å². The van der Waals surface area contributed by atoms with E-state index in [1.807, 2.05) is 29.2 Å². The summed E-state index contributed by atoms with van der Waals surface area (Å²) in [5, 5.41) is 0. The number of methoxy groups -OCH3 is 1. The fourth-order valence-electron chi connectivity index (χ4n) is 5.45. The van der Waals surface area contributed by atoms with Gasteiger partial charge in [0, 0.05) is 31.7 Å². The van der Waals surface area contributed by atoms with Gasteiger partial charge in [-0.15, -0.1) is 0 Å². The van der Waals surface area contributed by atoms with Crippen molar-refractivity contribution < 1.29 is 14.3 Å². The van der Waals surface area contributed by atoms with Gasteiger partial charge in [0.05, 0.1) is 19.1 Å². The van der Waals surface area contributed by atoms with E-state index in [-0.39, 0.29) is 24.0 Å². The average Bonchev–Trinajstić information content (AvgIpc) is 2.86. The highest BCUT2D eigenvalue weighted by Gasteiger charge is 2.32. The van der Waals surface area contributed by atoms with Crippen LogP contribution in [-0.4, -0.2) is 54.0 Å². The zero-order valence-electron chi connectivity index (χ0n) is 22.4. The summed E-state index contributed by atoms with van der Waals surface area (Å²) in [7, 11) is 1.39. The van der Waals surface area contributed by atoms with E-state index in [4.69, 9.17) is 4.74 Å². The predicted octanol–water partition coefficient (Wildman–Crippen LogP) is 5.73. The quantitative estimate of drug-likeness (QED) is 0.487. The minimum Gasteiger partial charge on any atom is -0.465 e. The molecule has 1 aliphatic heterocycles. The Kier molecular flexibility index (Phi) is 7.99. The molecule has 1 heterocycles. The van der Waals surface area contributed by atoms with Crippen LogP contribution in [0.25, 0.3) is 5.57 Å². The maximum absolute atomic E-state index is 13.3. The van der Waals surface area contributed by atoms with Gasteiger partial charge in [0.1, 0.15) is 0 Å². The Labute approximate surface area is 216 Å². The van der Waals surface area contributed by atoms with Crippen LogP contribution in [0.2, 0.25) is 0 Å². The normalized spacial score (nSPS) is 22.1. The second kappa shape index (κ2) is 11.0. The molecule has 1 fully saturated rings. The second-order valence-electron chi connectivity index (χ2n) is 11.3. The number of amides is 1. The Morgan fingerprint density at radius 2 is 1.69 bits per heavy atom. The van der Waals surface area contributed by atoms with Gasteiger partial charge < -0.3 is 9.64 Å². The minimum atomic E-state index is -0.319. The first-order chi connectivity index (χ1) is 17.1. The molecule has 2 aromatic rings. The molecule has 2 atom stereocenters. The number of esters is 1. The number of nitrogens with zero attached hydrogens (tertiary/aromatic N) is 2. The van der Waals surface area contributed by atoms with Crippen molar-refractivity contribution in [1.82, 2.24) is 9.80 Å². The number of carbonyl (C=O) groups excluding carboxylic acids is 2. The molecule has 1 saturated heterocycles. The van der Waals surface area contributed by atoms with Crippen LogP contribution in [0.4, 0.5) is 0 Å². The van der Waals surface area contributed by atoms with Gasteiger partial charge in [-0.3, -0.25) is 9.69 Å². The largest absolute Gasteiger partial charge is 0.465 e. The van der Waals surface area contributed by atoms with Crippen molar-refractivity contribution in [3.63, 3.8) is 0 Å². The summed E-state index contributed by atoms with van der Waals surface area (Å²) >= 11 is 0. The van der Waals surface area contributed by atoms with Gasteiger partial charge in [0.2, 0.25) is 5.91 Å². The Morgan fingerprint density at radius 3 is 2.31 bits per heavy atom. The van der Waals surface area contributed by atoms with Crippen LogP contribution < -0.4 is 0 Å². The first-order valence-electron chi connectivity index (χ1n) is 13.1. The number of carbonyl (C=O) groups is 2. The second-order valence-corrected chi connectivity index (χ2v) is 11.3. The molecule has 1 amide bonds. The van der Waals surface area contributed by atoms with Gasteiger partial charge in [0.15, 0.2) is 0 Å². The molecule has 0 saturated carbocycles. The lowest BCUT2D eigenvalue weighted by Gasteiger charge is -2.44. The van der Waals surface area contributed by atoms with Crippen LogP contribution in [0.15, 0.2) is 54.6 Å². The first-order valence-corrected chi connectivity index (χ1v) is 13.1. The highest BCUT2D eigenvalue weighted by Crippen LogP contribution is 2.38. The Balaban J connectivity index is 1.36. The third-order valence-corrected chi connectivity index (χ3v) is 7.82. The predicted molar refractivity (Wildman–Crippen MR) is 145 cm³/mol. The number of piperazine rings is 1. The van der Waals surface area contributed by atoms with Crippen molar-refractivity contribution in [2.45, 2.75) is 72.0 Å². The lowest BCUT2D eigenvalue weighted by atomic mass is 9.77. The first kappa shape index (κ1) is 26.2. The van der Waals surface area contributed by atoms with Crippen molar-refractivity contribution in [3.05, 3.63) is 76.9 Å². The fraction of sp³-hybridized carbons (Fsp3) is 0.484. The number of hydrogen-bond donors (Lipinski definition) is 0. The van der Waals surface area contributed by atoms with Crippen molar-refractivity contribution in [3.8, 4) is 0 Å². The summed E-state index contributed by atoms with van der Waals surface area (Å²) in [5.74, 6) is -0.118. The van der Waals surface area contributed by atoms with Crippen LogP contribution in [0, 0.1) is 5.41 Å². The molecule has 0 N–H and O–H groups in total. The molecular weight excluding hydrogens is 448 g/mol. The molecule has 4 rings (SSSR count). The van der Waals surface area contributed by atoms with Crippen molar-refractivity contribution in [2.24, 2.45) is 5.41 Å². The maximum Gasteiger partial charge on any atom is 0.337 e. The smallest absolute Gasteiger partial charge is 0.337 e. The molecule has 192 valence electrons. The van der Waals surface area contributed by atoms with E-state index in [2.05, 4.69) is 62.9 Å². The average molecular weight is 489 g/mol. The Morgan fingerprint density at radius 1 is 1.00 bits per heavy atom. The van der Waals surface area contributed by atoms with Gasteiger partial charge >= 0.3 is 5.97 Å². The van der Waals surface area contributed by atoms with E-state index in [0.717, 1.165) is 43.6 Å². The fourth-order valence-corrected chi connectivity index (χ4v) is 5.45. The van der Waals surface area contributed by atoms with Crippen LogP contribution in [0.5, 0.6) is 0 Å². The molecule has 5 nitrogen and oxygen atoms in total. The standard InChI is InChI=1S/C31H40N2O3/c1-22-19-32(20-23(2)33(22)21-24-9-11-27(12-10-24)30(35)36-5)29(34)18-25-7-6-8-28(17-25)26-13-15-31(3,4)16-14-26/h6-13,17,22-23H,14-16,18-21H2,1-5H3/t22-,23+. The van der Waals surface area contributed by atoms with Gasteiger partial charge in [-0.25, -0.2) is 4.79 Å². The molecule has 5 heteroatoms. The van der Waals surface area contributed by atoms with E-state index >= 15 is 0 Å². The third-order valence-electron chi connectivity index (χ3n) is 7.82. The Hall–Kier alpha value is -2.92. The van der Waals surface area contributed by atoms with Gasteiger partial charge in [0.25, 0.3) is 0 Å². The van der Waals surface area contributed by atoms with Crippen molar-refractivity contribution in [1.29, 1.82) is 0 Å². The van der Waals surface area contributed by atoms with E-state index in [0.29, 0.717) is 17.4 Å². The van der Waals surface area contributed by atoms with E-state index in [9.17, 15) is 9.59 Å². The maximum atomic E-state index is 13.3.